The minimum Gasteiger partial charge on any atom is -0.465 e. The van der Waals surface area contributed by atoms with E-state index in [4.69, 9.17) is 10.5 Å². The third-order valence-corrected chi connectivity index (χ3v) is 2.70. The van der Waals surface area contributed by atoms with Gasteiger partial charge in [-0.3, -0.25) is 9.59 Å². The summed E-state index contributed by atoms with van der Waals surface area (Å²) in [5, 5.41) is 0. The molecule has 0 saturated heterocycles. The smallest absolute Gasteiger partial charge is 0.319 e. The molecule has 0 aromatic rings. The molecule has 0 aliphatic rings. The lowest BCUT2D eigenvalue weighted by Gasteiger charge is -2.26. The summed E-state index contributed by atoms with van der Waals surface area (Å²) in [7, 11) is 0. The van der Waals surface area contributed by atoms with Gasteiger partial charge < -0.3 is 10.5 Å². The lowest BCUT2D eigenvalue weighted by atomic mass is 9.78. The number of hydrogen-bond donors (Lipinski definition) is 1. The first-order valence-corrected chi connectivity index (χ1v) is 5.60. The van der Waals surface area contributed by atoms with Crippen LogP contribution in [0.15, 0.2) is 11.8 Å². The summed E-state index contributed by atoms with van der Waals surface area (Å²) in [6.07, 6.45) is 2.15. The van der Waals surface area contributed by atoms with Crippen molar-refractivity contribution in [2.24, 2.45) is 11.1 Å². The van der Waals surface area contributed by atoms with E-state index in [0.717, 1.165) is 0 Å². The van der Waals surface area contributed by atoms with E-state index in [1.54, 1.807) is 27.7 Å². The number of hydrogen-bond acceptors (Lipinski definition) is 4. The highest BCUT2D eigenvalue weighted by Crippen LogP contribution is 2.30. The average molecular weight is 227 g/mol. The average Bonchev–Trinajstić information content (AvgIpc) is 2.19. The second-order valence-corrected chi connectivity index (χ2v) is 3.76. The zero-order valence-electron chi connectivity index (χ0n) is 10.5. The molecule has 16 heavy (non-hydrogen) atoms. The lowest BCUT2D eigenvalue weighted by Crippen LogP contribution is -2.39. The van der Waals surface area contributed by atoms with Crippen LogP contribution in [0.25, 0.3) is 0 Å². The first kappa shape index (κ1) is 14.7. The largest absolute Gasteiger partial charge is 0.465 e. The Kier molecular flexibility index (Phi) is 5.78. The molecule has 2 N–H and O–H groups in total. The number of carbonyl (C=O) groups excluding carboxylic acids is 2. The molecule has 0 bridgehead atoms. The predicted octanol–water partition coefficient (Wildman–Crippen LogP) is 1.79. The summed E-state index contributed by atoms with van der Waals surface area (Å²) >= 11 is 0. The SMILES string of the molecule is CCOC(=O)C(CC)(CC)C(=O)C=C(C)N. The van der Waals surface area contributed by atoms with Crippen LogP contribution in [0, 0.1) is 5.41 Å². The van der Waals surface area contributed by atoms with E-state index < -0.39 is 11.4 Å². The summed E-state index contributed by atoms with van der Waals surface area (Å²) in [4.78, 5) is 23.8. The van der Waals surface area contributed by atoms with Gasteiger partial charge >= 0.3 is 5.97 Å². The molecule has 0 heterocycles. The summed E-state index contributed by atoms with van der Waals surface area (Å²) in [5.41, 5.74) is 4.79. The van der Waals surface area contributed by atoms with Gasteiger partial charge in [0, 0.05) is 11.8 Å². The summed E-state index contributed by atoms with van der Waals surface area (Å²) in [5.74, 6) is -0.724. The number of esters is 1. The first-order valence-electron chi connectivity index (χ1n) is 5.60. The van der Waals surface area contributed by atoms with Gasteiger partial charge in [0.05, 0.1) is 6.61 Å². The highest BCUT2D eigenvalue weighted by Gasteiger charge is 2.42. The molecule has 0 aromatic heterocycles. The van der Waals surface area contributed by atoms with Crippen molar-refractivity contribution in [2.75, 3.05) is 6.61 Å². The molecule has 0 amide bonds. The van der Waals surface area contributed by atoms with Crippen LogP contribution in [-0.2, 0) is 14.3 Å². The van der Waals surface area contributed by atoms with E-state index in [-0.39, 0.29) is 12.4 Å². The van der Waals surface area contributed by atoms with Crippen LogP contribution in [0.1, 0.15) is 40.5 Å². The second kappa shape index (κ2) is 6.30. The van der Waals surface area contributed by atoms with E-state index >= 15 is 0 Å². The standard InChI is InChI=1S/C12H21NO3/c1-5-12(6-2,11(15)16-7-3)10(14)8-9(4)13/h8H,5-7,13H2,1-4H3. The Morgan fingerprint density at radius 1 is 1.25 bits per heavy atom. The van der Waals surface area contributed by atoms with Crippen molar-refractivity contribution < 1.29 is 14.3 Å². The van der Waals surface area contributed by atoms with Crippen molar-refractivity contribution >= 4 is 11.8 Å². The van der Waals surface area contributed by atoms with Gasteiger partial charge in [-0.2, -0.15) is 0 Å². The Morgan fingerprint density at radius 2 is 1.75 bits per heavy atom. The Bertz CT molecular complexity index is 287. The van der Waals surface area contributed by atoms with Gasteiger partial charge in [0.1, 0.15) is 5.41 Å². The maximum Gasteiger partial charge on any atom is 0.319 e. The van der Waals surface area contributed by atoms with Crippen molar-refractivity contribution in [1.29, 1.82) is 0 Å². The number of nitrogens with two attached hydrogens (primary N) is 1. The molecule has 92 valence electrons. The molecular formula is C12H21NO3. The van der Waals surface area contributed by atoms with Crippen LogP contribution in [0.4, 0.5) is 0 Å². The molecule has 0 aromatic carbocycles. The van der Waals surface area contributed by atoms with E-state index in [1.807, 2.05) is 0 Å². The second-order valence-electron chi connectivity index (χ2n) is 3.76. The van der Waals surface area contributed by atoms with E-state index in [1.165, 1.54) is 6.08 Å². The fraction of sp³-hybridized carbons (Fsp3) is 0.667. The molecule has 4 heteroatoms. The fourth-order valence-electron chi connectivity index (χ4n) is 1.60. The van der Waals surface area contributed by atoms with Crippen LogP contribution in [-0.4, -0.2) is 18.4 Å². The summed E-state index contributed by atoms with van der Waals surface area (Å²) in [6.45, 7) is 7.23. The molecule has 0 fully saturated rings. The van der Waals surface area contributed by atoms with Crippen LogP contribution < -0.4 is 5.73 Å². The van der Waals surface area contributed by atoms with Crippen molar-refractivity contribution in [2.45, 2.75) is 40.5 Å². The number of ketones is 1. The maximum atomic E-state index is 12.0. The van der Waals surface area contributed by atoms with Crippen LogP contribution >= 0.6 is 0 Å². The number of allylic oxidation sites excluding steroid dienone is 2. The summed E-state index contributed by atoms with van der Waals surface area (Å²) < 4.78 is 4.96. The fourth-order valence-corrected chi connectivity index (χ4v) is 1.60. The van der Waals surface area contributed by atoms with E-state index in [9.17, 15) is 9.59 Å². The van der Waals surface area contributed by atoms with E-state index in [2.05, 4.69) is 0 Å². The van der Waals surface area contributed by atoms with Gasteiger partial charge in [-0.05, 0) is 26.7 Å². The maximum absolute atomic E-state index is 12.0. The third-order valence-electron chi connectivity index (χ3n) is 2.70. The van der Waals surface area contributed by atoms with Crippen LogP contribution in [0.3, 0.4) is 0 Å². The molecule has 0 unspecified atom stereocenters. The molecule has 0 saturated carbocycles. The molecule has 0 radical (unpaired) electrons. The molecule has 4 nitrogen and oxygen atoms in total. The van der Waals surface area contributed by atoms with Gasteiger partial charge in [0.25, 0.3) is 0 Å². The van der Waals surface area contributed by atoms with Crippen LogP contribution in [0.5, 0.6) is 0 Å². The highest BCUT2D eigenvalue weighted by molar-refractivity contribution is 6.09. The van der Waals surface area contributed by atoms with Crippen molar-refractivity contribution in [1.82, 2.24) is 0 Å². The van der Waals surface area contributed by atoms with Gasteiger partial charge in [-0.25, -0.2) is 0 Å². The molecule has 0 aliphatic heterocycles. The molecule has 0 spiro atoms. The molecule has 0 atom stereocenters. The van der Waals surface area contributed by atoms with Crippen LogP contribution in [0.2, 0.25) is 0 Å². The number of carbonyl (C=O) groups is 2. The molecular weight excluding hydrogens is 206 g/mol. The zero-order chi connectivity index (χ0) is 12.8. The first-order chi connectivity index (χ1) is 7.44. The quantitative estimate of drug-likeness (QED) is 0.426. The highest BCUT2D eigenvalue weighted by atomic mass is 16.5. The van der Waals surface area contributed by atoms with Gasteiger partial charge in [0.15, 0.2) is 5.78 Å². The Labute approximate surface area is 96.8 Å². The minimum atomic E-state index is -1.07. The number of ether oxygens (including phenoxy) is 1. The number of rotatable bonds is 6. The monoisotopic (exact) mass is 227 g/mol. The van der Waals surface area contributed by atoms with Crippen molar-refractivity contribution in [3.8, 4) is 0 Å². The van der Waals surface area contributed by atoms with Gasteiger partial charge in [0.2, 0.25) is 0 Å². The topological polar surface area (TPSA) is 69.4 Å². The van der Waals surface area contributed by atoms with Crippen molar-refractivity contribution in [3.63, 3.8) is 0 Å². The van der Waals surface area contributed by atoms with Gasteiger partial charge in [-0.15, -0.1) is 0 Å². The lowest BCUT2D eigenvalue weighted by molar-refractivity contribution is -0.159. The Hall–Kier alpha value is -1.32. The van der Waals surface area contributed by atoms with Crippen molar-refractivity contribution in [3.05, 3.63) is 11.8 Å². The Morgan fingerprint density at radius 3 is 2.06 bits per heavy atom. The normalized spacial score (nSPS) is 12.4. The molecule has 0 rings (SSSR count). The van der Waals surface area contributed by atoms with E-state index in [0.29, 0.717) is 18.5 Å². The minimum absolute atomic E-state index is 0.268. The predicted molar refractivity (Wildman–Crippen MR) is 62.6 cm³/mol. The zero-order valence-corrected chi connectivity index (χ0v) is 10.5. The Balaban J connectivity index is 5.17. The molecule has 0 aliphatic carbocycles. The summed E-state index contributed by atoms with van der Waals surface area (Å²) in [6, 6.07) is 0. The van der Waals surface area contributed by atoms with Gasteiger partial charge in [-0.1, -0.05) is 13.8 Å². The third kappa shape index (κ3) is 3.08.